The van der Waals surface area contributed by atoms with Crippen LogP contribution in [0.3, 0.4) is 0 Å². The highest BCUT2D eigenvalue weighted by atomic mass is 35.5. The molecule has 0 aliphatic carbocycles. The Morgan fingerprint density at radius 2 is 1.85 bits per heavy atom. The van der Waals surface area contributed by atoms with E-state index >= 15 is 0 Å². The number of rotatable bonds is 6. The van der Waals surface area contributed by atoms with Crippen LogP contribution in [0.15, 0.2) is 0 Å². The van der Waals surface area contributed by atoms with E-state index in [2.05, 4.69) is 4.72 Å². The lowest BCUT2D eigenvalue weighted by Gasteiger charge is -2.28. The fourth-order valence-corrected chi connectivity index (χ4v) is 1.92. The number of aliphatic hydroxyl groups excluding tert-OH is 2. The van der Waals surface area contributed by atoms with Gasteiger partial charge in [-0.3, -0.25) is 0 Å². The molecule has 0 aliphatic heterocycles. The van der Waals surface area contributed by atoms with Crippen LogP contribution >= 0.6 is 11.6 Å². The fraction of sp³-hybridized carbons (Fsp3) is 1.00. The van der Waals surface area contributed by atoms with Gasteiger partial charge in [-0.15, -0.1) is 11.6 Å². The summed E-state index contributed by atoms with van der Waals surface area (Å²) in [5, 5.41) is 17.2. The number of halogens is 1. The molecular weight excluding hydrogens is 218 g/mol. The second-order valence-electron chi connectivity index (χ2n) is 2.78. The zero-order valence-corrected chi connectivity index (χ0v) is 8.90. The maximum atomic E-state index is 11.0. The molecule has 0 saturated heterocycles. The van der Waals surface area contributed by atoms with Crippen LogP contribution in [-0.2, 0) is 10.0 Å². The summed E-state index contributed by atoms with van der Waals surface area (Å²) < 4.78 is 24.2. The van der Waals surface area contributed by atoms with Crippen LogP contribution in [0.25, 0.3) is 0 Å². The molecule has 0 atom stereocenters. The summed E-state index contributed by atoms with van der Waals surface area (Å²) in [5.41, 5.74) is -1.20. The largest absolute Gasteiger partial charge is 0.394 e. The van der Waals surface area contributed by atoms with Gasteiger partial charge in [0.2, 0.25) is 10.0 Å². The van der Waals surface area contributed by atoms with Gasteiger partial charge in [-0.05, 0) is 6.42 Å². The van der Waals surface area contributed by atoms with E-state index < -0.39 is 34.0 Å². The highest BCUT2D eigenvalue weighted by molar-refractivity contribution is 7.90. The van der Waals surface area contributed by atoms with Gasteiger partial charge >= 0.3 is 0 Å². The SMILES string of the molecule is CCC(CO)(CO)NS(=O)(=O)CCl. The van der Waals surface area contributed by atoms with Crippen molar-refractivity contribution in [2.45, 2.75) is 18.9 Å². The summed E-state index contributed by atoms with van der Waals surface area (Å²) in [6.07, 6.45) is 0.288. The molecule has 0 heterocycles. The van der Waals surface area contributed by atoms with Crippen LogP contribution in [0.4, 0.5) is 0 Å². The van der Waals surface area contributed by atoms with E-state index in [4.69, 9.17) is 21.8 Å². The number of hydrogen-bond donors (Lipinski definition) is 3. The first-order valence-corrected chi connectivity index (χ1v) is 5.93. The van der Waals surface area contributed by atoms with Gasteiger partial charge < -0.3 is 10.2 Å². The summed E-state index contributed by atoms with van der Waals surface area (Å²) >= 11 is 5.16. The molecule has 0 aliphatic rings. The van der Waals surface area contributed by atoms with Crippen molar-refractivity contribution in [3.8, 4) is 0 Å². The Bertz CT molecular complexity index is 229. The third-order valence-corrected chi connectivity index (χ3v) is 3.69. The van der Waals surface area contributed by atoms with Crippen LogP contribution in [0.5, 0.6) is 0 Å². The zero-order chi connectivity index (χ0) is 10.5. The lowest BCUT2D eigenvalue weighted by molar-refractivity contribution is 0.105. The lowest BCUT2D eigenvalue weighted by atomic mass is 10.0. The highest BCUT2D eigenvalue weighted by Crippen LogP contribution is 2.10. The first kappa shape index (κ1) is 13.1. The molecule has 0 aromatic rings. The Morgan fingerprint density at radius 1 is 1.38 bits per heavy atom. The van der Waals surface area contributed by atoms with Crippen LogP contribution in [-0.4, -0.2) is 42.6 Å². The minimum atomic E-state index is -3.62. The van der Waals surface area contributed by atoms with E-state index in [1.165, 1.54) is 0 Å². The van der Waals surface area contributed by atoms with Crippen LogP contribution in [0.2, 0.25) is 0 Å². The van der Waals surface area contributed by atoms with Crippen molar-refractivity contribution in [1.29, 1.82) is 0 Å². The monoisotopic (exact) mass is 231 g/mol. The predicted octanol–water partition coefficient (Wildman–Crippen LogP) is -0.764. The first-order valence-electron chi connectivity index (χ1n) is 3.74. The molecule has 0 amide bonds. The Kier molecular flexibility index (Phi) is 5.16. The highest BCUT2D eigenvalue weighted by Gasteiger charge is 2.31. The normalized spacial score (nSPS) is 13.2. The molecular formula is C6H14ClNO4S. The number of alkyl halides is 1. The van der Waals surface area contributed by atoms with Gasteiger partial charge in [-0.2, -0.15) is 0 Å². The van der Waals surface area contributed by atoms with Crippen molar-refractivity contribution >= 4 is 21.6 Å². The second kappa shape index (κ2) is 5.11. The van der Waals surface area contributed by atoms with Gasteiger partial charge in [0, 0.05) is 0 Å². The van der Waals surface area contributed by atoms with E-state index in [1.807, 2.05) is 0 Å². The summed E-state index contributed by atoms with van der Waals surface area (Å²) in [7, 11) is -3.62. The standard InChI is InChI=1S/C6H14ClNO4S/c1-2-6(3-9,4-10)8-13(11,12)5-7/h8-10H,2-5H2,1H3. The van der Waals surface area contributed by atoms with Crippen molar-refractivity contribution in [1.82, 2.24) is 4.72 Å². The summed E-state index contributed by atoms with van der Waals surface area (Å²) in [6.45, 7) is 0.732. The molecule has 0 bridgehead atoms. The second-order valence-corrected chi connectivity index (χ2v) is 5.08. The molecule has 3 N–H and O–H groups in total. The van der Waals surface area contributed by atoms with Crippen LogP contribution in [0, 0.1) is 0 Å². The van der Waals surface area contributed by atoms with Gasteiger partial charge in [-0.25, -0.2) is 13.1 Å². The molecule has 0 radical (unpaired) electrons. The molecule has 80 valence electrons. The minimum absolute atomic E-state index is 0.288. The summed E-state index contributed by atoms with van der Waals surface area (Å²) in [6, 6.07) is 0. The third-order valence-electron chi connectivity index (χ3n) is 1.80. The number of hydrogen-bond acceptors (Lipinski definition) is 4. The molecule has 0 fully saturated rings. The lowest BCUT2D eigenvalue weighted by Crippen LogP contribution is -2.53. The molecule has 0 saturated carbocycles. The zero-order valence-electron chi connectivity index (χ0n) is 7.33. The molecule has 5 nitrogen and oxygen atoms in total. The molecule has 13 heavy (non-hydrogen) atoms. The molecule has 0 aromatic heterocycles. The van der Waals surface area contributed by atoms with E-state index in [1.54, 1.807) is 6.92 Å². The van der Waals surface area contributed by atoms with E-state index in [0.29, 0.717) is 0 Å². The quantitative estimate of drug-likeness (QED) is 0.525. The molecule has 7 heteroatoms. The predicted molar refractivity (Wildman–Crippen MR) is 50.0 cm³/mol. The first-order chi connectivity index (χ1) is 5.95. The van der Waals surface area contributed by atoms with E-state index in [9.17, 15) is 8.42 Å². The van der Waals surface area contributed by atoms with Crippen molar-refractivity contribution < 1.29 is 18.6 Å². The average Bonchev–Trinajstić information content (AvgIpc) is 2.14. The molecule has 0 rings (SSSR count). The summed E-state index contributed by atoms with van der Waals surface area (Å²) in [4.78, 5) is 0. The van der Waals surface area contributed by atoms with E-state index in [-0.39, 0.29) is 6.42 Å². The van der Waals surface area contributed by atoms with Gasteiger partial charge in [-0.1, -0.05) is 6.92 Å². The number of aliphatic hydroxyl groups is 2. The van der Waals surface area contributed by atoms with Crippen molar-refractivity contribution in [3.63, 3.8) is 0 Å². The van der Waals surface area contributed by atoms with Gasteiger partial charge in [0.15, 0.2) is 0 Å². The maximum absolute atomic E-state index is 11.0. The number of nitrogens with one attached hydrogen (secondary N) is 1. The van der Waals surface area contributed by atoms with Crippen LogP contribution in [0.1, 0.15) is 13.3 Å². The van der Waals surface area contributed by atoms with Gasteiger partial charge in [0.1, 0.15) is 5.21 Å². The summed E-state index contributed by atoms with van der Waals surface area (Å²) in [5.74, 6) is 0. The van der Waals surface area contributed by atoms with Gasteiger partial charge in [0.25, 0.3) is 0 Å². The maximum Gasteiger partial charge on any atom is 0.226 e. The Morgan fingerprint density at radius 3 is 2.08 bits per heavy atom. The average molecular weight is 232 g/mol. The van der Waals surface area contributed by atoms with Crippen molar-refractivity contribution in [2.75, 3.05) is 18.4 Å². The number of sulfonamides is 1. The third kappa shape index (κ3) is 3.78. The smallest absolute Gasteiger partial charge is 0.226 e. The Hall–Kier alpha value is 0.120. The Labute approximate surface area is 82.8 Å². The Balaban J connectivity index is 4.61. The molecule has 0 unspecified atom stereocenters. The molecule has 0 aromatic carbocycles. The molecule has 0 spiro atoms. The van der Waals surface area contributed by atoms with Gasteiger partial charge in [0.05, 0.1) is 18.8 Å². The topological polar surface area (TPSA) is 86.6 Å². The minimum Gasteiger partial charge on any atom is -0.394 e. The van der Waals surface area contributed by atoms with Crippen molar-refractivity contribution in [3.05, 3.63) is 0 Å². The van der Waals surface area contributed by atoms with E-state index in [0.717, 1.165) is 0 Å². The van der Waals surface area contributed by atoms with Crippen LogP contribution < -0.4 is 4.72 Å². The van der Waals surface area contributed by atoms with Crippen molar-refractivity contribution in [2.24, 2.45) is 0 Å². The fourth-order valence-electron chi connectivity index (χ4n) is 0.767.